The Kier molecular flexibility index (Phi) is 5.13. The van der Waals surface area contributed by atoms with Gasteiger partial charge in [0.15, 0.2) is 0 Å². The number of fused-ring (bicyclic) bond motifs is 1. The molecule has 1 fully saturated rings. The van der Waals surface area contributed by atoms with E-state index in [-0.39, 0.29) is 23.0 Å². The number of hydrogen-bond acceptors (Lipinski definition) is 4. The first-order valence-corrected chi connectivity index (χ1v) is 10.0. The second-order valence-electron chi connectivity index (χ2n) is 6.86. The van der Waals surface area contributed by atoms with Crippen LogP contribution in [0.5, 0.6) is 0 Å². The van der Waals surface area contributed by atoms with Gasteiger partial charge in [-0.15, -0.1) is 0 Å². The maximum Gasteiger partial charge on any atom is 0.289 e. The molecule has 2 heterocycles. The molecule has 28 heavy (non-hydrogen) atoms. The molecule has 2 aromatic rings. The third-order valence-corrected chi connectivity index (χ3v) is 5.66. The van der Waals surface area contributed by atoms with E-state index in [1.54, 1.807) is 6.07 Å². The largest absolute Gasteiger partial charge is 0.350 e. The van der Waals surface area contributed by atoms with E-state index in [4.69, 9.17) is 4.84 Å². The van der Waals surface area contributed by atoms with Gasteiger partial charge in [0.2, 0.25) is 5.82 Å². The minimum absolute atomic E-state index is 0.00824. The predicted octanol–water partition coefficient (Wildman–Crippen LogP) is 3.59. The van der Waals surface area contributed by atoms with Crippen LogP contribution in [-0.2, 0) is 17.8 Å². The number of hydroxylamine groups is 2. The Bertz CT molecular complexity index is 1020. The van der Waals surface area contributed by atoms with E-state index in [0.717, 1.165) is 12.8 Å². The average Bonchev–Trinajstić information content (AvgIpc) is 3.37. The molecule has 0 spiro atoms. The number of anilines is 2. The second kappa shape index (κ2) is 7.43. The van der Waals surface area contributed by atoms with Gasteiger partial charge in [-0.05, 0) is 66.5 Å². The van der Waals surface area contributed by atoms with Crippen molar-refractivity contribution in [2.75, 3.05) is 12.4 Å². The van der Waals surface area contributed by atoms with E-state index < -0.39 is 23.1 Å². The molecule has 1 N–H and O–H groups in total. The lowest BCUT2D eigenvalue weighted by atomic mass is 10.1. The van der Waals surface area contributed by atoms with E-state index in [1.807, 2.05) is 22.6 Å². The van der Waals surface area contributed by atoms with Crippen LogP contribution in [0.3, 0.4) is 0 Å². The van der Waals surface area contributed by atoms with Gasteiger partial charge in [0, 0.05) is 15.8 Å². The zero-order valence-electron chi connectivity index (χ0n) is 15.1. The van der Waals surface area contributed by atoms with Crippen molar-refractivity contribution in [3.63, 3.8) is 0 Å². The number of carbonyl (C=O) groups excluding carboxylic acids is 1. The van der Waals surface area contributed by atoms with Gasteiger partial charge in [-0.1, -0.05) is 0 Å². The molecule has 2 aliphatic rings. The van der Waals surface area contributed by atoms with E-state index in [9.17, 15) is 14.0 Å². The van der Waals surface area contributed by atoms with Crippen molar-refractivity contribution >= 4 is 39.9 Å². The fourth-order valence-electron chi connectivity index (χ4n) is 3.53. The van der Waals surface area contributed by atoms with Crippen molar-refractivity contribution in [3.05, 3.63) is 55.0 Å². The van der Waals surface area contributed by atoms with Crippen LogP contribution < -0.4 is 10.9 Å². The van der Waals surface area contributed by atoms with Gasteiger partial charge in [-0.2, -0.15) is 4.39 Å². The second-order valence-corrected chi connectivity index (χ2v) is 8.11. The molecule has 0 atom stereocenters. The zero-order valence-corrected chi connectivity index (χ0v) is 17.3. The molecule has 1 amide bonds. The van der Waals surface area contributed by atoms with E-state index in [2.05, 4.69) is 5.32 Å². The summed E-state index contributed by atoms with van der Waals surface area (Å²) in [5.41, 5.74) is -0.640. The van der Waals surface area contributed by atoms with Crippen molar-refractivity contribution in [3.8, 4) is 0 Å². The lowest BCUT2D eigenvalue weighted by Gasteiger charge is -2.23. The smallest absolute Gasteiger partial charge is 0.289 e. The van der Waals surface area contributed by atoms with Crippen LogP contribution in [0.25, 0.3) is 0 Å². The highest BCUT2D eigenvalue weighted by molar-refractivity contribution is 14.1. The van der Waals surface area contributed by atoms with Gasteiger partial charge in [0.25, 0.3) is 11.5 Å². The number of rotatable bonds is 5. The Morgan fingerprint density at radius 3 is 2.75 bits per heavy atom. The summed E-state index contributed by atoms with van der Waals surface area (Å²) in [6, 6.07) is 4.31. The number of nitrogens with zero attached hydrogens (tertiary/aromatic N) is 2. The monoisotopic (exact) mass is 501 g/mol. The van der Waals surface area contributed by atoms with Crippen molar-refractivity contribution < 1.29 is 18.4 Å². The SMILES string of the molecule is CON(C(=O)c1c(Nc2ccc(I)cc2F)c(F)c(=O)n2c1CCC2)C1CC1. The molecule has 1 saturated carbocycles. The quantitative estimate of drug-likeness (QED) is 0.503. The molecule has 1 aliphatic heterocycles. The Balaban J connectivity index is 1.88. The van der Waals surface area contributed by atoms with Crippen molar-refractivity contribution in [2.45, 2.75) is 38.3 Å². The molecule has 0 bridgehead atoms. The Morgan fingerprint density at radius 1 is 1.36 bits per heavy atom. The predicted molar refractivity (Wildman–Crippen MR) is 108 cm³/mol. The number of amides is 1. The minimum Gasteiger partial charge on any atom is -0.350 e. The molecule has 6 nitrogen and oxygen atoms in total. The highest BCUT2D eigenvalue weighted by atomic mass is 127. The van der Waals surface area contributed by atoms with Gasteiger partial charge in [-0.3, -0.25) is 14.4 Å². The normalized spacial score (nSPS) is 15.4. The molecule has 1 aromatic heterocycles. The molecule has 0 unspecified atom stereocenters. The molecular formula is C19H18F2IN3O3. The van der Waals surface area contributed by atoms with Crippen molar-refractivity contribution in [1.29, 1.82) is 0 Å². The fourth-order valence-corrected chi connectivity index (χ4v) is 3.98. The molecule has 1 aromatic carbocycles. The summed E-state index contributed by atoms with van der Waals surface area (Å²) in [4.78, 5) is 30.9. The lowest BCUT2D eigenvalue weighted by molar-refractivity contribution is -0.102. The molecular weight excluding hydrogens is 483 g/mol. The molecule has 0 radical (unpaired) electrons. The van der Waals surface area contributed by atoms with Crippen molar-refractivity contribution in [1.82, 2.24) is 9.63 Å². The average molecular weight is 501 g/mol. The van der Waals surface area contributed by atoms with Gasteiger partial charge in [0.1, 0.15) is 5.82 Å². The summed E-state index contributed by atoms with van der Waals surface area (Å²) < 4.78 is 31.3. The summed E-state index contributed by atoms with van der Waals surface area (Å²) in [5.74, 6) is -2.22. The Hall–Kier alpha value is -2.01. The molecule has 4 rings (SSSR count). The van der Waals surface area contributed by atoms with Crippen LogP contribution in [0, 0.1) is 15.2 Å². The summed E-state index contributed by atoms with van der Waals surface area (Å²) in [6.07, 6.45) is 2.69. The lowest BCUT2D eigenvalue weighted by Crippen LogP contribution is -2.36. The van der Waals surface area contributed by atoms with E-state index >= 15 is 4.39 Å². The summed E-state index contributed by atoms with van der Waals surface area (Å²) in [6.45, 7) is 0.347. The standard InChI is InChI=1S/C19H18F2IN3O3/c1-28-25(11-5-6-11)18(26)15-14-3-2-8-24(14)19(27)16(21)17(15)23-13-7-4-10(22)9-12(13)20/h4,7,9,11,23H,2-3,5-6,8H2,1H3. The first kappa shape index (κ1) is 19.3. The van der Waals surface area contributed by atoms with Crippen LogP contribution in [0.2, 0.25) is 0 Å². The minimum atomic E-state index is -1.10. The Labute approximate surface area is 173 Å². The Morgan fingerprint density at radius 2 is 2.11 bits per heavy atom. The fraction of sp³-hybridized carbons (Fsp3) is 0.368. The van der Waals surface area contributed by atoms with Crippen LogP contribution in [-0.4, -0.2) is 28.7 Å². The molecule has 1 aliphatic carbocycles. The van der Waals surface area contributed by atoms with Gasteiger partial charge < -0.3 is 9.88 Å². The topological polar surface area (TPSA) is 63.6 Å². The summed E-state index contributed by atoms with van der Waals surface area (Å²) >= 11 is 1.96. The first-order valence-electron chi connectivity index (χ1n) is 8.97. The number of nitrogens with one attached hydrogen (secondary N) is 1. The zero-order chi connectivity index (χ0) is 20.0. The first-order chi connectivity index (χ1) is 13.4. The number of aromatic nitrogens is 1. The molecule has 0 saturated heterocycles. The third-order valence-electron chi connectivity index (χ3n) is 4.99. The van der Waals surface area contributed by atoms with E-state index in [0.29, 0.717) is 28.7 Å². The molecule has 9 heteroatoms. The van der Waals surface area contributed by atoms with Gasteiger partial charge in [0.05, 0.1) is 30.1 Å². The summed E-state index contributed by atoms with van der Waals surface area (Å²) in [5, 5.41) is 3.87. The van der Waals surface area contributed by atoms with Crippen molar-refractivity contribution in [2.24, 2.45) is 0 Å². The van der Waals surface area contributed by atoms with Crippen LogP contribution in [0.15, 0.2) is 23.0 Å². The van der Waals surface area contributed by atoms with Crippen LogP contribution >= 0.6 is 22.6 Å². The highest BCUT2D eigenvalue weighted by Gasteiger charge is 2.38. The number of carbonyl (C=O) groups is 1. The maximum absolute atomic E-state index is 15.0. The van der Waals surface area contributed by atoms with Gasteiger partial charge >= 0.3 is 0 Å². The van der Waals surface area contributed by atoms with Crippen LogP contribution in [0.4, 0.5) is 20.2 Å². The van der Waals surface area contributed by atoms with E-state index in [1.165, 1.54) is 28.9 Å². The highest BCUT2D eigenvalue weighted by Crippen LogP contribution is 2.34. The van der Waals surface area contributed by atoms with Gasteiger partial charge in [-0.25, -0.2) is 9.45 Å². The third kappa shape index (κ3) is 3.30. The number of pyridine rings is 1. The number of benzene rings is 1. The maximum atomic E-state index is 15.0. The number of halogens is 3. The number of hydrogen-bond donors (Lipinski definition) is 1. The summed E-state index contributed by atoms with van der Waals surface area (Å²) in [7, 11) is 1.38. The molecule has 148 valence electrons. The van der Waals surface area contributed by atoms with Crippen LogP contribution in [0.1, 0.15) is 35.3 Å².